The van der Waals surface area contributed by atoms with Crippen molar-refractivity contribution in [2.45, 2.75) is 26.6 Å². The lowest BCUT2D eigenvalue weighted by molar-refractivity contribution is -0.138. The van der Waals surface area contributed by atoms with Gasteiger partial charge in [-0.2, -0.15) is 13.2 Å². The van der Waals surface area contributed by atoms with Gasteiger partial charge in [0, 0.05) is 52.7 Å². The molecule has 0 aromatic heterocycles. The number of guanidine groups is 1. The molecular weight excluding hydrogens is 390 g/mol. The van der Waals surface area contributed by atoms with E-state index in [1.165, 1.54) is 0 Å². The fourth-order valence-corrected chi connectivity index (χ4v) is 3.08. The molecule has 1 aliphatic heterocycles. The van der Waals surface area contributed by atoms with Crippen LogP contribution in [-0.4, -0.2) is 67.5 Å². The van der Waals surface area contributed by atoms with Gasteiger partial charge >= 0.3 is 6.18 Å². The van der Waals surface area contributed by atoms with Gasteiger partial charge in [0.1, 0.15) is 5.82 Å². The third kappa shape index (κ3) is 7.19. The van der Waals surface area contributed by atoms with Gasteiger partial charge in [-0.25, -0.2) is 9.38 Å². The number of carbonyl (C=O) groups is 1. The van der Waals surface area contributed by atoms with Crippen LogP contribution in [0.15, 0.2) is 23.2 Å². The molecule has 2 rings (SSSR count). The van der Waals surface area contributed by atoms with Crippen molar-refractivity contribution in [2.75, 3.05) is 45.8 Å². The Morgan fingerprint density at radius 1 is 1.17 bits per heavy atom. The molecule has 6 nitrogen and oxygen atoms in total. The smallest absolute Gasteiger partial charge is 0.357 e. The molecule has 0 saturated carbocycles. The number of nitrogens with zero attached hydrogens (tertiary/aromatic N) is 3. The molecule has 10 heteroatoms. The van der Waals surface area contributed by atoms with Gasteiger partial charge in [0.15, 0.2) is 5.96 Å². The Morgan fingerprint density at radius 3 is 2.45 bits per heavy atom. The summed E-state index contributed by atoms with van der Waals surface area (Å²) in [6.07, 6.45) is -4.64. The number of nitrogens with one attached hydrogen (secondary N) is 2. The minimum atomic E-state index is -4.64. The van der Waals surface area contributed by atoms with Crippen LogP contribution in [0, 0.1) is 5.82 Å². The van der Waals surface area contributed by atoms with Crippen molar-refractivity contribution >= 4 is 11.9 Å². The van der Waals surface area contributed by atoms with Crippen molar-refractivity contribution in [3.05, 3.63) is 35.1 Å². The lowest BCUT2D eigenvalue weighted by Gasteiger charge is -2.34. The van der Waals surface area contributed by atoms with E-state index in [4.69, 9.17) is 0 Å². The molecule has 1 aliphatic rings. The van der Waals surface area contributed by atoms with Gasteiger partial charge in [0.25, 0.3) is 0 Å². The number of halogens is 4. The van der Waals surface area contributed by atoms with E-state index in [2.05, 4.69) is 20.5 Å². The van der Waals surface area contributed by atoms with Crippen molar-refractivity contribution in [1.82, 2.24) is 20.4 Å². The first-order valence-electron chi connectivity index (χ1n) is 9.56. The SMILES string of the molecule is CCNC(=NCc1ccc(F)cc1C(F)(F)F)NCCN1CCN(C(C)=O)CC1. The highest BCUT2D eigenvalue weighted by Gasteiger charge is 2.33. The largest absolute Gasteiger partial charge is 0.416 e. The van der Waals surface area contributed by atoms with Gasteiger partial charge < -0.3 is 15.5 Å². The van der Waals surface area contributed by atoms with Crippen LogP contribution in [0.3, 0.4) is 0 Å². The Hall–Kier alpha value is -2.36. The summed E-state index contributed by atoms with van der Waals surface area (Å²) in [7, 11) is 0. The first kappa shape index (κ1) is 22.9. The molecule has 0 unspecified atom stereocenters. The number of rotatable bonds is 6. The van der Waals surface area contributed by atoms with Crippen molar-refractivity contribution in [2.24, 2.45) is 4.99 Å². The molecule has 1 aromatic carbocycles. The molecule has 1 aromatic rings. The second kappa shape index (κ2) is 10.4. The van der Waals surface area contributed by atoms with E-state index >= 15 is 0 Å². The minimum Gasteiger partial charge on any atom is -0.357 e. The quantitative estimate of drug-likeness (QED) is 0.423. The van der Waals surface area contributed by atoms with Crippen molar-refractivity contribution < 1.29 is 22.4 Å². The summed E-state index contributed by atoms with van der Waals surface area (Å²) >= 11 is 0. The van der Waals surface area contributed by atoms with Gasteiger partial charge in [-0.05, 0) is 24.6 Å². The van der Waals surface area contributed by atoms with Gasteiger partial charge in [-0.15, -0.1) is 0 Å². The molecule has 0 atom stereocenters. The minimum absolute atomic E-state index is 0.0726. The van der Waals surface area contributed by atoms with Crippen LogP contribution in [-0.2, 0) is 17.5 Å². The predicted octanol–water partition coefficient (Wildman–Crippen LogP) is 2.06. The number of alkyl halides is 3. The van der Waals surface area contributed by atoms with E-state index in [0.717, 1.165) is 31.8 Å². The second-order valence-corrected chi connectivity index (χ2v) is 6.77. The second-order valence-electron chi connectivity index (χ2n) is 6.77. The van der Waals surface area contributed by atoms with Gasteiger partial charge in [-0.3, -0.25) is 9.69 Å². The number of hydrogen-bond donors (Lipinski definition) is 2. The zero-order chi connectivity index (χ0) is 21.4. The van der Waals surface area contributed by atoms with E-state index in [1.807, 2.05) is 6.92 Å². The maximum Gasteiger partial charge on any atom is 0.416 e. The number of benzene rings is 1. The highest BCUT2D eigenvalue weighted by Crippen LogP contribution is 2.32. The molecule has 1 amide bonds. The van der Waals surface area contributed by atoms with Gasteiger partial charge in [-0.1, -0.05) is 6.07 Å². The van der Waals surface area contributed by atoms with E-state index in [1.54, 1.807) is 11.8 Å². The fraction of sp³-hybridized carbons (Fsp3) is 0.579. The molecule has 1 saturated heterocycles. The monoisotopic (exact) mass is 417 g/mol. The molecule has 2 N–H and O–H groups in total. The lowest BCUT2D eigenvalue weighted by Crippen LogP contribution is -2.50. The van der Waals surface area contributed by atoms with Crippen molar-refractivity contribution in [1.29, 1.82) is 0 Å². The van der Waals surface area contributed by atoms with Crippen LogP contribution < -0.4 is 10.6 Å². The molecule has 0 radical (unpaired) electrons. The van der Waals surface area contributed by atoms with E-state index < -0.39 is 17.6 Å². The zero-order valence-corrected chi connectivity index (χ0v) is 16.7. The summed E-state index contributed by atoms with van der Waals surface area (Å²) in [4.78, 5) is 19.6. The van der Waals surface area contributed by atoms with E-state index in [0.29, 0.717) is 38.2 Å². The number of amides is 1. The van der Waals surface area contributed by atoms with Crippen LogP contribution in [0.2, 0.25) is 0 Å². The summed E-state index contributed by atoms with van der Waals surface area (Å²) in [6.45, 7) is 7.96. The van der Waals surface area contributed by atoms with E-state index in [9.17, 15) is 22.4 Å². The number of aliphatic imine (C=N–C) groups is 1. The van der Waals surface area contributed by atoms with Crippen LogP contribution in [0.5, 0.6) is 0 Å². The predicted molar refractivity (Wildman–Crippen MR) is 103 cm³/mol. The normalized spacial score (nSPS) is 16.1. The van der Waals surface area contributed by atoms with Crippen LogP contribution in [0.1, 0.15) is 25.0 Å². The van der Waals surface area contributed by atoms with Gasteiger partial charge in [0.2, 0.25) is 5.91 Å². The molecule has 1 heterocycles. The summed E-state index contributed by atoms with van der Waals surface area (Å²) < 4.78 is 52.6. The Morgan fingerprint density at radius 2 is 1.86 bits per heavy atom. The Labute approximate surface area is 168 Å². The first-order valence-corrected chi connectivity index (χ1v) is 9.56. The Kier molecular flexibility index (Phi) is 8.24. The maximum atomic E-state index is 13.2. The summed E-state index contributed by atoms with van der Waals surface area (Å²) in [6, 6.07) is 2.60. The third-order valence-electron chi connectivity index (χ3n) is 4.67. The van der Waals surface area contributed by atoms with Crippen LogP contribution >= 0.6 is 0 Å². The summed E-state index contributed by atoms with van der Waals surface area (Å²) in [5.41, 5.74) is -1.10. The molecule has 1 fully saturated rings. The molecule has 162 valence electrons. The van der Waals surface area contributed by atoms with Crippen molar-refractivity contribution in [3.8, 4) is 0 Å². The number of piperazine rings is 1. The van der Waals surface area contributed by atoms with E-state index in [-0.39, 0.29) is 18.0 Å². The lowest BCUT2D eigenvalue weighted by atomic mass is 10.1. The van der Waals surface area contributed by atoms with Crippen molar-refractivity contribution in [3.63, 3.8) is 0 Å². The Bertz CT molecular complexity index is 715. The first-order chi connectivity index (χ1) is 13.7. The van der Waals surface area contributed by atoms with Gasteiger partial charge in [0.05, 0.1) is 12.1 Å². The average Bonchev–Trinajstić information content (AvgIpc) is 2.66. The fourth-order valence-electron chi connectivity index (χ4n) is 3.08. The molecule has 0 aliphatic carbocycles. The maximum absolute atomic E-state index is 13.2. The standard InChI is InChI=1S/C19H27F4N5O/c1-3-24-18(25-6-7-27-8-10-28(11-9-27)14(2)29)26-13-15-4-5-16(20)12-17(15)19(21,22)23/h4-5,12H,3,6-11,13H2,1-2H3,(H2,24,25,26). The van der Waals surface area contributed by atoms with Crippen LogP contribution in [0.25, 0.3) is 0 Å². The summed E-state index contributed by atoms with van der Waals surface area (Å²) in [5, 5.41) is 6.10. The molecule has 0 bridgehead atoms. The zero-order valence-electron chi connectivity index (χ0n) is 16.7. The highest BCUT2D eigenvalue weighted by molar-refractivity contribution is 5.79. The average molecular weight is 417 g/mol. The number of carbonyl (C=O) groups excluding carboxylic acids is 1. The molecule has 29 heavy (non-hydrogen) atoms. The summed E-state index contributed by atoms with van der Waals surface area (Å²) in [5.74, 6) is -0.462. The molecule has 0 spiro atoms. The van der Waals surface area contributed by atoms with Crippen LogP contribution in [0.4, 0.5) is 17.6 Å². The highest BCUT2D eigenvalue weighted by atomic mass is 19.4. The topological polar surface area (TPSA) is 60.0 Å². The number of hydrogen-bond acceptors (Lipinski definition) is 3. The molecular formula is C19H27F4N5O. The Balaban J connectivity index is 1.91. The third-order valence-corrected chi connectivity index (χ3v) is 4.67.